The zero-order chi connectivity index (χ0) is 17.1. The number of hydrogen-bond donors (Lipinski definition) is 0. The molecule has 4 rings (SSSR count). The van der Waals surface area contributed by atoms with Gasteiger partial charge in [-0.1, -0.05) is 42.1 Å². The first kappa shape index (κ1) is 16.3. The summed E-state index contributed by atoms with van der Waals surface area (Å²) >= 11 is 1.83. The van der Waals surface area contributed by atoms with Crippen LogP contribution in [-0.4, -0.2) is 17.7 Å². The van der Waals surface area contributed by atoms with Crippen LogP contribution < -0.4 is 4.90 Å². The normalized spacial score (nSPS) is 14.7. The van der Waals surface area contributed by atoms with Crippen LogP contribution in [0, 0.1) is 0 Å². The van der Waals surface area contributed by atoms with Crippen LogP contribution in [0.3, 0.4) is 0 Å². The molecule has 0 atom stereocenters. The molecule has 0 aliphatic carbocycles. The van der Waals surface area contributed by atoms with Gasteiger partial charge >= 0.3 is 0 Å². The Morgan fingerprint density at radius 1 is 0.840 bits per heavy atom. The first-order valence-electron chi connectivity index (χ1n) is 9.04. The molecule has 0 spiro atoms. The van der Waals surface area contributed by atoms with Crippen LogP contribution in [0.25, 0.3) is 11.1 Å². The Balaban J connectivity index is 1.71. The van der Waals surface area contributed by atoms with Crippen LogP contribution in [0.4, 0.5) is 5.69 Å². The van der Waals surface area contributed by atoms with Crippen LogP contribution in [0.2, 0.25) is 0 Å². The number of aryl methyl sites for hydroxylation is 1. The van der Waals surface area contributed by atoms with Gasteiger partial charge in [-0.3, -0.25) is 0 Å². The van der Waals surface area contributed by atoms with E-state index in [0.29, 0.717) is 0 Å². The Hall–Kier alpha value is -2.13. The fourth-order valence-corrected chi connectivity index (χ4v) is 4.45. The van der Waals surface area contributed by atoms with Gasteiger partial charge in [-0.15, -0.1) is 0 Å². The second kappa shape index (κ2) is 7.40. The third kappa shape index (κ3) is 3.77. The van der Waals surface area contributed by atoms with Gasteiger partial charge in [-0.05, 0) is 49.1 Å². The van der Waals surface area contributed by atoms with E-state index in [0.717, 1.165) is 0 Å². The van der Waals surface area contributed by atoms with Gasteiger partial charge in [0, 0.05) is 53.6 Å². The highest BCUT2D eigenvalue weighted by Gasteiger charge is 2.16. The van der Waals surface area contributed by atoms with Crippen LogP contribution >= 0.6 is 11.8 Å². The molecule has 1 fully saturated rings. The molecule has 0 N–H and O–H groups in total. The predicted octanol–water partition coefficient (Wildman–Crippen LogP) is 5.83. The molecule has 1 aliphatic rings. The van der Waals surface area contributed by atoms with Crippen molar-refractivity contribution in [3.8, 4) is 11.1 Å². The molecule has 1 aliphatic heterocycles. The third-order valence-electron chi connectivity index (χ3n) is 4.79. The summed E-state index contributed by atoms with van der Waals surface area (Å²) in [4.78, 5) is 5.14. The maximum atomic E-state index is 2.56. The molecule has 0 saturated carbocycles. The lowest BCUT2D eigenvalue weighted by Gasteiger charge is -2.31. The zero-order valence-electron chi connectivity index (χ0n) is 14.7. The number of anilines is 1. The van der Waals surface area contributed by atoms with Crippen molar-refractivity contribution in [2.24, 2.45) is 7.05 Å². The van der Waals surface area contributed by atoms with Crippen molar-refractivity contribution in [2.45, 2.75) is 29.1 Å². The van der Waals surface area contributed by atoms with Crippen molar-refractivity contribution in [2.75, 3.05) is 18.0 Å². The van der Waals surface area contributed by atoms with E-state index in [9.17, 15) is 0 Å². The van der Waals surface area contributed by atoms with Crippen molar-refractivity contribution < 1.29 is 0 Å². The van der Waals surface area contributed by atoms with Gasteiger partial charge in [-0.2, -0.15) is 0 Å². The summed E-state index contributed by atoms with van der Waals surface area (Å²) in [6.07, 6.45) is 8.23. The van der Waals surface area contributed by atoms with Crippen molar-refractivity contribution in [1.82, 2.24) is 4.57 Å². The minimum atomic E-state index is 1.17. The van der Waals surface area contributed by atoms with Crippen LogP contribution in [0.15, 0.2) is 76.8 Å². The lowest BCUT2D eigenvalue weighted by molar-refractivity contribution is 0.578. The van der Waals surface area contributed by atoms with Gasteiger partial charge in [0.2, 0.25) is 0 Å². The van der Waals surface area contributed by atoms with E-state index in [1.165, 1.54) is 59.0 Å². The van der Waals surface area contributed by atoms with Gasteiger partial charge in [0.1, 0.15) is 0 Å². The highest BCUT2D eigenvalue weighted by atomic mass is 32.2. The number of benzene rings is 2. The average Bonchev–Trinajstić information content (AvgIpc) is 3.08. The van der Waals surface area contributed by atoms with Gasteiger partial charge in [0.25, 0.3) is 0 Å². The molecule has 0 unspecified atom stereocenters. The Bertz CT molecular complexity index is 832. The SMILES string of the molecule is Cn1ccc(Sc2ccc(N3CCCCC3)c(-c3ccccc3)c2)c1. The van der Waals surface area contributed by atoms with Gasteiger partial charge in [0.15, 0.2) is 0 Å². The van der Waals surface area contributed by atoms with E-state index >= 15 is 0 Å². The fraction of sp³-hybridized carbons (Fsp3) is 0.273. The molecule has 3 aromatic rings. The molecule has 2 heterocycles. The first-order chi connectivity index (χ1) is 12.3. The molecule has 2 aromatic carbocycles. The number of nitrogens with zero attached hydrogens (tertiary/aromatic N) is 2. The highest BCUT2D eigenvalue weighted by molar-refractivity contribution is 7.99. The molecule has 3 heteroatoms. The molecule has 0 radical (unpaired) electrons. The largest absolute Gasteiger partial charge is 0.371 e. The summed E-state index contributed by atoms with van der Waals surface area (Å²) in [5, 5.41) is 0. The molecule has 1 saturated heterocycles. The summed E-state index contributed by atoms with van der Waals surface area (Å²) in [5.41, 5.74) is 4.03. The van der Waals surface area contributed by atoms with Crippen LogP contribution in [0.1, 0.15) is 19.3 Å². The minimum absolute atomic E-state index is 1.17. The quantitative estimate of drug-likeness (QED) is 0.586. The summed E-state index contributed by atoms with van der Waals surface area (Å²) in [5.74, 6) is 0. The summed E-state index contributed by atoms with van der Waals surface area (Å²) in [7, 11) is 2.07. The summed E-state index contributed by atoms with van der Waals surface area (Å²) in [6, 6.07) is 19.9. The van der Waals surface area contributed by atoms with Crippen LogP contribution in [-0.2, 0) is 7.05 Å². The third-order valence-corrected chi connectivity index (χ3v) is 5.76. The van der Waals surface area contributed by atoms with Crippen molar-refractivity contribution in [3.05, 3.63) is 67.0 Å². The van der Waals surface area contributed by atoms with Gasteiger partial charge in [-0.25, -0.2) is 0 Å². The molecular weight excluding hydrogens is 324 g/mol. The van der Waals surface area contributed by atoms with Crippen molar-refractivity contribution in [3.63, 3.8) is 0 Å². The van der Waals surface area contributed by atoms with E-state index < -0.39 is 0 Å². The maximum Gasteiger partial charge on any atom is 0.0446 e. The van der Waals surface area contributed by atoms with E-state index in [-0.39, 0.29) is 0 Å². The number of aromatic nitrogens is 1. The molecular formula is C22H24N2S. The molecule has 2 nitrogen and oxygen atoms in total. The Morgan fingerprint density at radius 2 is 1.64 bits per heavy atom. The summed E-state index contributed by atoms with van der Waals surface area (Å²) in [6.45, 7) is 2.34. The van der Waals surface area contributed by atoms with Gasteiger partial charge in [0.05, 0.1) is 0 Å². The second-order valence-electron chi connectivity index (χ2n) is 6.71. The molecule has 25 heavy (non-hydrogen) atoms. The predicted molar refractivity (Wildman–Crippen MR) is 107 cm³/mol. The summed E-state index contributed by atoms with van der Waals surface area (Å²) < 4.78 is 2.10. The number of rotatable bonds is 4. The topological polar surface area (TPSA) is 8.17 Å². The fourth-order valence-electron chi connectivity index (χ4n) is 3.51. The molecule has 0 bridgehead atoms. The molecule has 1 aromatic heterocycles. The second-order valence-corrected chi connectivity index (χ2v) is 7.85. The standard InChI is InChI=1S/C22H24N2S/c1-23-15-12-20(17-23)25-19-10-11-22(24-13-6-3-7-14-24)21(16-19)18-8-4-2-5-9-18/h2,4-5,8-12,15-17H,3,6-7,13-14H2,1H3. The van der Waals surface area contributed by atoms with Crippen molar-refractivity contribution >= 4 is 17.4 Å². The first-order valence-corrected chi connectivity index (χ1v) is 9.85. The highest BCUT2D eigenvalue weighted by Crippen LogP contribution is 2.37. The lowest BCUT2D eigenvalue weighted by atomic mass is 10.0. The Kier molecular flexibility index (Phi) is 4.84. The Labute approximate surface area is 154 Å². The smallest absolute Gasteiger partial charge is 0.0446 e. The van der Waals surface area contributed by atoms with Gasteiger partial charge < -0.3 is 9.47 Å². The number of hydrogen-bond acceptors (Lipinski definition) is 2. The van der Waals surface area contributed by atoms with Crippen molar-refractivity contribution in [1.29, 1.82) is 0 Å². The average molecular weight is 349 g/mol. The van der Waals surface area contributed by atoms with E-state index in [1.807, 2.05) is 11.8 Å². The van der Waals surface area contributed by atoms with E-state index in [4.69, 9.17) is 0 Å². The molecule has 0 amide bonds. The number of piperidine rings is 1. The molecule has 128 valence electrons. The maximum absolute atomic E-state index is 2.56. The zero-order valence-corrected chi connectivity index (χ0v) is 15.5. The minimum Gasteiger partial charge on any atom is -0.371 e. The van der Waals surface area contributed by atoms with E-state index in [1.54, 1.807) is 0 Å². The lowest BCUT2D eigenvalue weighted by Crippen LogP contribution is -2.29. The Morgan fingerprint density at radius 3 is 2.36 bits per heavy atom. The van der Waals surface area contributed by atoms with Crippen LogP contribution in [0.5, 0.6) is 0 Å². The monoisotopic (exact) mass is 348 g/mol. The van der Waals surface area contributed by atoms with E-state index in [2.05, 4.69) is 83.5 Å².